The van der Waals surface area contributed by atoms with Gasteiger partial charge in [-0.1, -0.05) is 66.7 Å². The average molecular weight is 305 g/mol. The van der Waals surface area contributed by atoms with Gasteiger partial charge < -0.3 is 10.4 Å². The molecule has 0 bridgehead atoms. The van der Waals surface area contributed by atoms with Crippen LogP contribution in [-0.4, -0.2) is 17.6 Å². The van der Waals surface area contributed by atoms with Crippen molar-refractivity contribution in [2.75, 3.05) is 6.54 Å². The molecule has 23 heavy (non-hydrogen) atoms. The quantitative estimate of drug-likeness (QED) is 0.755. The molecule has 3 aromatic carbocycles. The molecule has 0 fully saturated rings. The Labute approximate surface area is 135 Å². The van der Waals surface area contributed by atoms with Crippen molar-refractivity contribution in [2.45, 2.75) is 12.5 Å². The second-order valence-electron chi connectivity index (χ2n) is 5.50. The Morgan fingerprint density at radius 3 is 2.43 bits per heavy atom. The SMILES string of the molecule is O=C(NCCC(O)c1ccccc1)c1cccc2ccccc12. The Morgan fingerprint density at radius 2 is 1.61 bits per heavy atom. The molecule has 1 atom stereocenters. The zero-order chi connectivity index (χ0) is 16.1. The van der Waals surface area contributed by atoms with Crippen LogP contribution in [0.25, 0.3) is 10.8 Å². The molecule has 3 aromatic rings. The van der Waals surface area contributed by atoms with Gasteiger partial charge >= 0.3 is 0 Å². The number of carbonyl (C=O) groups excluding carboxylic acids is 1. The highest BCUT2D eigenvalue weighted by Gasteiger charge is 2.11. The largest absolute Gasteiger partial charge is 0.388 e. The molecule has 2 N–H and O–H groups in total. The Kier molecular flexibility index (Phi) is 4.69. The fourth-order valence-corrected chi connectivity index (χ4v) is 2.68. The van der Waals surface area contributed by atoms with Gasteiger partial charge in [-0.3, -0.25) is 4.79 Å². The lowest BCUT2D eigenvalue weighted by atomic mass is 10.0. The van der Waals surface area contributed by atoms with Crippen LogP contribution >= 0.6 is 0 Å². The van der Waals surface area contributed by atoms with Crippen molar-refractivity contribution in [3.63, 3.8) is 0 Å². The van der Waals surface area contributed by atoms with E-state index in [1.54, 1.807) is 0 Å². The third kappa shape index (κ3) is 3.58. The zero-order valence-electron chi connectivity index (χ0n) is 12.8. The van der Waals surface area contributed by atoms with Gasteiger partial charge in [-0.2, -0.15) is 0 Å². The first-order chi connectivity index (χ1) is 11.3. The topological polar surface area (TPSA) is 49.3 Å². The first-order valence-electron chi connectivity index (χ1n) is 7.74. The van der Waals surface area contributed by atoms with Gasteiger partial charge in [0.1, 0.15) is 0 Å². The summed E-state index contributed by atoms with van der Waals surface area (Å²) in [6, 6.07) is 23.0. The minimum absolute atomic E-state index is 0.109. The summed E-state index contributed by atoms with van der Waals surface area (Å²) >= 11 is 0. The number of hydrogen-bond acceptors (Lipinski definition) is 2. The van der Waals surface area contributed by atoms with E-state index in [1.165, 1.54) is 0 Å². The highest BCUT2D eigenvalue weighted by molar-refractivity contribution is 6.06. The number of amides is 1. The van der Waals surface area contributed by atoms with E-state index >= 15 is 0 Å². The number of aliphatic hydroxyl groups is 1. The average Bonchev–Trinajstić information content (AvgIpc) is 2.61. The van der Waals surface area contributed by atoms with E-state index < -0.39 is 6.10 Å². The van der Waals surface area contributed by atoms with E-state index in [9.17, 15) is 9.90 Å². The Bertz CT molecular complexity index is 794. The number of rotatable bonds is 5. The van der Waals surface area contributed by atoms with E-state index in [2.05, 4.69) is 5.32 Å². The molecule has 0 saturated heterocycles. The van der Waals surface area contributed by atoms with Gasteiger partial charge in [0, 0.05) is 12.1 Å². The first kappa shape index (κ1) is 15.3. The molecule has 0 aliphatic rings. The van der Waals surface area contributed by atoms with Crippen LogP contribution in [-0.2, 0) is 0 Å². The summed E-state index contributed by atoms with van der Waals surface area (Å²) in [6.45, 7) is 0.429. The molecule has 1 unspecified atom stereocenters. The standard InChI is InChI=1S/C20H19NO2/c22-19(16-8-2-1-3-9-16)13-14-21-20(23)18-12-6-10-15-7-4-5-11-17(15)18/h1-12,19,22H,13-14H2,(H,21,23). The van der Waals surface area contributed by atoms with E-state index in [0.717, 1.165) is 16.3 Å². The van der Waals surface area contributed by atoms with Crippen LogP contribution in [0.2, 0.25) is 0 Å². The number of nitrogens with one attached hydrogen (secondary N) is 1. The van der Waals surface area contributed by atoms with Gasteiger partial charge in [0.05, 0.1) is 6.10 Å². The minimum Gasteiger partial charge on any atom is -0.388 e. The van der Waals surface area contributed by atoms with Crippen LogP contribution in [0.15, 0.2) is 72.8 Å². The summed E-state index contributed by atoms with van der Waals surface area (Å²) in [7, 11) is 0. The van der Waals surface area contributed by atoms with Gasteiger partial charge in [0.2, 0.25) is 0 Å². The van der Waals surface area contributed by atoms with Crippen molar-refractivity contribution in [2.24, 2.45) is 0 Å². The van der Waals surface area contributed by atoms with Crippen molar-refractivity contribution >= 4 is 16.7 Å². The molecule has 0 radical (unpaired) electrons. The minimum atomic E-state index is -0.566. The number of carbonyl (C=O) groups is 1. The van der Waals surface area contributed by atoms with Crippen LogP contribution < -0.4 is 5.32 Å². The summed E-state index contributed by atoms with van der Waals surface area (Å²) in [4.78, 5) is 12.4. The van der Waals surface area contributed by atoms with Gasteiger partial charge in [-0.25, -0.2) is 0 Å². The maximum atomic E-state index is 12.4. The Hall–Kier alpha value is -2.65. The molecule has 0 spiro atoms. The molecule has 3 rings (SSSR count). The monoisotopic (exact) mass is 305 g/mol. The molecule has 0 aliphatic carbocycles. The van der Waals surface area contributed by atoms with Crippen LogP contribution in [0.1, 0.15) is 28.4 Å². The van der Waals surface area contributed by atoms with Crippen LogP contribution in [0.5, 0.6) is 0 Å². The number of fused-ring (bicyclic) bond motifs is 1. The third-order valence-corrected chi connectivity index (χ3v) is 3.92. The van der Waals surface area contributed by atoms with E-state index in [0.29, 0.717) is 18.5 Å². The van der Waals surface area contributed by atoms with E-state index in [-0.39, 0.29) is 5.91 Å². The molecule has 116 valence electrons. The number of hydrogen-bond donors (Lipinski definition) is 2. The van der Waals surface area contributed by atoms with Gasteiger partial charge in [0.15, 0.2) is 0 Å². The summed E-state index contributed by atoms with van der Waals surface area (Å²) in [5, 5.41) is 15.0. The lowest BCUT2D eigenvalue weighted by Gasteiger charge is -2.12. The summed E-state index contributed by atoms with van der Waals surface area (Å²) in [6.07, 6.45) is -0.0791. The molecule has 1 amide bonds. The highest BCUT2D eigenvalue weighted by atomic mass is 16.3. The number of benzene rings is 3. The lowest BCUT2D eigenvalue weighted by molar-refractivity contribution is 0.0944. The van der Waals surface area contributed by atoms with E-state index in [4.69, 9.17) is 0 Å². The Morgan fingerprint density at radius 1 is 0.913 bits per heavy atom. The van der Waals surface area contributed by atoms with Crippen molar-refractivity contribution in [1.82, 2.24) is 5.32 Å². The molecular weight excluding hydrogens is 286 g/mol. The molecule has 3 nitrogen and oxygen atoms in total. The number of aliphatic hydroxyl groups excluding tert-OH is 1. The lowest BCUT2D eigenvalue weighted by Crippen LogP contribution is -2.25. The summed E-state index contributed by atoms with van der Waals surface area (Å²) in [5.41, 5.74) is 1.53. The van der Waals surface area contributed by atoms with E-state index in [1.807, 2.05) is 72.8 Å². The maximum Gasteiger partial charge on any atom is 0.251 e. The van der Waals surface area contributed by atoms with Crippen LogP contribution in [0.4, 0.5) is 0 Å². The summed E-state index contributed by atoms with van der Waals surface area (Å²) in [5.74, 6) is -0.109. The van der Waals surface area contributed by atoms with Gasteiger partial charge in [-0.15, -0.1) is 0 Å². The van der Waals surface area contributed by atoms with Crippen LogP contribution in [0, 0.1) is 0 Å². The second-order valence-corrected chi connectivity index (χ2v) is 5.50. The normalized spacial score (nSPS) is 12.0. The first-order valence-corrected chi connectivity index (χ1v) is 7.74. The molecule has 0 aromatic heterocycles. The third-order valence-electron chi connectivity index (χ3n) is 3.92. The van der Waals surface area contributed by atoms with Crippen molar-refractivity contribution < 1.29 is 9.90 Å². The van der Waals surface area contributed by atoms with Crippen molar-refractivity contribution in [1.29, 1.82) is 0 Å². The predicted octanol–water partition coefficient (Wildman–Crippen LogP) is 3.69. The summed E-state index contributed by atoms with van der Waals surface area (Å²) < 4.78 is 0. The smallest absolute Gasteiger partial charge is 0.251 e. The maximum absolute atomic E-state index is 12.4. The van der Waals surface area contributed by atoms with Crippen molar-refractivity contribution in [3.05, 3.63) is 83.9 Å². The molecular formula is C20H19NO2. The Balaban J connectivity index is 1.63. The molecule has 0 saturated carbocycles. The molecule has 3 heteroatoms. The predicted molar refractivity (Wildman–Crippen MR) is 92.3 cm³/mol. The van der Waals surface area contributed by atoms with Gasteiger partial charge in [-0.05, 0) is 28.8 Å². The zero-order valence-corrected chi connectivity index (χ0v) is 12.8. The second kappa shape index (κ2) is 7.07. The van der Waals surface area contributed by atoms with Gasteiger partial charge in [0.25, 0.3) is 5.91 Å². The van der Waals surface area contributed by atoms with Crippen molar-refractivity contribution in [3.8, 4) is 0 Å². The fraction of sp³-hybridized carbons (Fsp3) is 0.150. The van der Waals surface area contributed by atoms with Crippen LogP contribution in [0.3, 0.4) is 0 Å². The highest BCUT2D eigenvalue weighted by Crippen LogP contribution is 2.19. The fourth-order valence-electron chi connectivity index (χ4n) is 2.68. The molecule has 0 aliphatic heterocycles. The molecule has 0 heterocycles.